The molecule has 0 aromatic heterocycles. The molecule has 0 saturated carbocycles. The van der Waals surface area contributed by atoms with Crippen LogP contribution in [0.5, 0.6) is 0 Å². The lowest BCUT2D eigenvalue weighted by atomic mass is 9.88. The Labute approximate surface area is 362 Å². The number of rotatable bonds is 19. The number of nitrogens with one attached hydrogen (secondary N) is 2. The maximum absolute atomic E-state index is 13.0. The van der Waals surface area contributed by atoms with E-state index in [1.54, 1.807) is 0 Å². The molecule has 0 aromatic rings. The highest BCUT2D eigenvalue weighted by Crippen LogP contribution is 2.39. The Balaban J connectivity index is 1.76. The molecule has 0 unspecified atom stereocenters. The second kappa shape index (κ2) is 22.5. The van der Waals surface area contributed by atoms with E-state index in [0.29, 0.717) is 6.04 Å². The summed E-state index contributed by atoms with van der Waals surface area (Å²) in [6, 6.07) is -2.47. The lowest BCUT2D eigenvalue weighted by Crippen LogP contribution is -2.71. The van der Waals surface area contributed by atoms with Crippen LogP contribution in [0.3, 0.4) is 0 Å². The largest absolute Gasteiger partial charge is 0.477 e. The number of carbonyl (C=O) groups excluding carboxylic acids is 2. The first-order chi connectivity index (χ1) is 29.4. The van der Waals surface area contributed by atoms with Crippen molar-refractivity contribution in [1.29, 1.82) is 0 Å². The number of carbonyl (C=O) groups is 3. The van der Waals surface area contributed by atoms with E-state index in [1.165, 1.54) is 0 Å². The van der Waals surface area contributed by atoms with Crippen LogP contribution in [0.15, 0.2) is 0 Å². The van der Waals surface area contributed by atoms with E-state index < -0.39 is 187 Å². The average Bonchev–Trinajstić information content (AvgIpc) is 3.21. The third-order valence-electron chi connectivity index (χ3n) is 11.1. The van der Waals surface area contributed by atoms with Gasteiger partial charge in [-0.15, -0.1) is 0 Å². The van der Waals surface area contributed by atoms with Crippen molar-refractivity contribution in [2.24, 2.45) is 0 Å². The molecule has 366 valence electrons. The van der Waals surface area contributed by atoms with Gasteiger partial charge in [0.15, 0.2) is 18.9 Å². The lowest BCUT2D eigenvalue weighted by molar-refractivity contribution is -0.391. The van der Waals surface area contributed by atoms with Gasteiger partial charge < -0.3 is 115 Å². The van der Waals surface area contributed by atoms with Crippen LogP contribution < -0.4 is 10.6 Å². The maximum atomic E-state index is 13.0. The van der Waals surface area contributed by atoms with Crippen LogP contribution in [0.25, 0.3) is 0 Å². The minimum absolute atomic E-state index is 0.0803. The number of hydrogen-bond acceptors (Lipinski definition) is 23. The zero-order chi connectivity index (χ0) is 47.3. The van der Waals surface area contributed by atoms with Gasteiger partial charge in [-0.25, -0.2) is 4.79 Å². The molecule has 4 fully saturated rings. The Kier molecular flexibility index (Phi) is 19.1. The van der Waals surface area contributed by atoms with Crippen LogP contribution in [0.2, 0.25) is 25.7 Å². The van der Waals surface area contributed by atoms with Gasteiger partial charge in [-0.3, -0.25) is 9.59 Å². The first-order valence-electron chi connectivity index (χ1n) is 20.3. The summed E-state index contributed by atoms with van der Waals surface area (Å²) >= 11 is 0. The molecule has 15 N–H and O–H groups in total. The molecule has 4 aliphatic heterocycles. The van der Waals surface area contributed by atoms with E-state index in [2.05, 4.69) is 30.3 Å². The molecule has 0 aromatic carbocycles. The molecule has 0 spiro atoms. The SMILES string of the molecule is CC(=O)N[C@H]1[C@H](OCC[Si](C)(C)C)O[C@H](CO)[C@@H](O[C@@H]2O[C@H](CO)[C@H](O)[C@H](O[C@]3(C(=O)O)C[C@H](O)[C@@H](NC(C)=O)[C@H]([C@H](O)[C@H](O)CO)O3)[C@H]2O)[C@@H]1O[C@@H]1O[C@@H](CO)[C@@H](O)[C@@H](O)[C@@H]1O. The number of hydrogen-bond donors (Lipinski definition) is 15. The highest BCUT2D eigenvalue weighted by atomic mass is 28.3. The molecule has 0 aliphatic carbocycles. The molecule has 4 aliphatic rings. The highest BCUT2D eigenvalue weighted by molar-refractivity contribution is 6.76. The van der Waals surface area contributed by atoms with Gasteiger partial charge in [0.25, 0.3) is 5.79 Å². The third-order valence-corrected chi connectivity index (χ3v) is 12.8. The Morgan fingerprint density at radius 2 is 1.22 bits per heavy atom. The van der Waals surface area contributed by atoms with Crippen LogP contribution in [-0.2, 0) is 52.3 Å². The second-order valence-corrected chi connectivity index (χ2v) is 22.8. The predicted molar refractivity (Wildman–Crippen MR) is 206 cm³/mol. The van der Waals surface area contributed by atoms with Crippen molar-refractivity contribution in [3.63, 3.8) is 0 Å². The molecule has 27 heteroatoms. The number of ether oxygens (including phenoxy) is 8. The highest BCUT2D eigenvalue weighted by Gasteiger charge is 2.61. The van der Waals surface area contributed by atoms with Crippen molar-refractivity contribution in [2.45, 2.75) is 174 Å². The fourth-order valence-electron chi connectivity index (χ4n) is 7.65. The first-order valence-corrected chi connectivity index (χ1v) is 24.0. The molecule has 63 heavy (non-hydrogen) atoms. The molecule has 4 saturated heterocycles. The van der Waals surface area contributed by atoms with Crippen molar-refractivity contribution >= 4 is 25.9 Å². The van der Waals surface area contributed by atoms with E-state index in [0.717, 1.165) is 13.8 Å². The molecule has 0 radical (unpaired) electrons. The second-order valence-electron chi connectivity index (χ2n) is 17.2. The summed E-state index contributed by atoms with van der Waals surface area (Å²) in [6.07, 6.45) is -35.4. The summed E-state index contributed by atoms with van der Waals surface area (Å²) in [5.41, 5.74) is 0. The van der Waals surface area contributed by atoms with Crippen molar-refractivity contribution < 1.29 is 119 Å². The molecule has 0 bridgehead atoms. The zero-order valence-corrected chi connectivity index (χ0v) is 36.3. The fraction of sp³-hybridized carbons (Fsp3) is 0.917. The Morgan fingerprint density at radius 1 is 0.698 bits per heavy atom. The maximum Gasteiger partial charge on any atom is 0.364 e. The zero-order valence-electron chi connectivity index (χ0n) is 35.3. The number of aliphatic hydroxyl groups excluding tert-OH is 12. The molecule has 2 amide bonds. The minimum atomic E-state index is -3.13. The summed E-state index contributed by atoms with van der Waals surface area (Å²) in [6.45, 7) is 4.49. The predicted octanol–water partition coefficient (Wildman–Crippen LogP) is -7.89. The molecule has 26 nitrogen and oxygen atoms in total. The number of carboxylic acids is 1. The molecule has 4 rings (SSSR count). The van der Waals surface area contributed by atoms with Gasteiger partial charge in [0.1, 0.15) is 91.5 Å². The van der Waals surface area contributed by atoms with Gasteiger partial charge >= 0.3 is 5.97 Å². The Bertz CT molecular complexity index is 1500. The summed E-state index contributed by atoms with van der Waals surface area (Å²) in [4.78, 5) is 37.7. The number of carboxylic acid groups (broad SMARTS) is 1. The Morgan fingerprint density at radius 3 is 1.75 bits per heavy atom. The van der Waals surface area contributed by atoms with Crippen molar-refractivity contribution in [2.75, 3.05) is 33.0 Å². The minimum Gasteiger partial charge on any atom is -0.477 e. The molecule has 21 atom stereocenters. The van der Waals surface area contributed by atoms with Crippen LogP contribution in [-0.4, -0.2) is 254 Å². The third kappa shape index (κ3) is 12.6. The first kappa shape index (κ1) is 53.4. The van der Waals surface area contributed by atoms with E-state index in [-0.39, 0.29) is 6.61 Å². The lowest BCUT2D eigenvalue weighted by Gasteiger charge is -2.51. The summed E-state index contributed by atoms with van der Waals surface area (Å²) in [7, 11) is -1.75. The van der Waals surface area contributed by atoms with Gasteiger partial charge in [-0.1, -0.05) is 19.6 Å². The number of amides is 2. The number of aliphatic carboxylic acids is 1. The van der Waals surface area contributed by atoms with E-state index in [1.807, 2.05) is 0 Å². The number of aliphatic hydroxyl groups is 12. The van der Waals surface area contributed by atoms with E-state index in [4.69, 9.17) is 37.9 Å². The van der Waals surface area contributed by atoms with Gasteiger partial charge in [-0.05, 0) is 6.04 Å². The van der Waals surface area contributed by atoms with Crippen molar-refractivity contribution in [3.8, 4) is 0 Å². The quantitative estimate of drug-likeness (QED) is 0.0535. The summed E-state index contributed by atoms with van der Waals surface area (Å²) < 4.78 is 47.1. The van der Waals surface area contributed by atoms with E-state index >= 15 is 0 Å². The molecular weight excluding hydrogens is 872 g/mol. The van der Waals surface area contributed by atoms with Crippen molar-refractivity contribution in [3.05, 3.63) is 0 Å². The van der Waals surface area contributed by atoms with E-state index in [9.17, 15) is 80.8 Å². The van der Waals surface area contributed by atoms with Gasteiger partial charge in [0, 0.05) is 34.9 Å². The average molecular weight is 937 g/mol. The normalized spacial score (nSPS) is 42.2. The van der Waals surface area contributed by atoms with Crippen molar-refractivity contribution in [1.82, 2.24) is 10.6 Å². The molecular formula is C36H64N2O24Si. The topological polar surface area (TPSA) is 412 Å². The van der Waals surface area contributed by atoms with Gasteiger partial charge in [0.2, 0.25) is 11.8 Å². The monoisotopic (exact) mass is 936 g/mol. The van der Waals surface area contributed by atoms with Crippen LogP contribution in [0.4, 0.5) is 0 Å². The Hall–Kier alpha value is -2.17. The van der Waals surface area contributed by atoms with Crippen LogP contribution >= 0.6 is 0 Å². The summed E-state index contributed by atoms with van der Waals surface area (Å²) in [5, 5.41) is 143. The summed E-state index contributed by atoms with van der Waals surface area (Å²) in [5.74, 6) is -6.62. The smallest absolute Gasteiger partial charge is 0.364 e. The molecule has 4 heterocycles. The van der Waals surface area contributed by atoms with Crippen LogP contribution in [0, 0.1) is 0 Å². The fourth-order valence-corrected chi connectivity index (χ4v) is 8.38. The van der Waals surface area contributed by atoms with Crippen LogP contribution in [0.1, 0.15) is 20.3 Å². The standard InChI is InChI=1S/C36H64N2O24Si/c1-13(43)37-20-15(45)8-36(35(53)54,61-29(20)22(47)16(46)9-39)62-31-24(49)18(11-41)57-34(27(31)52)59-28-19(12-42)58-32(55-6-7-63(3,4)5)21(38-14(2)44)30(28)60-33-26(51)25(50)23(48)17(10-40)56-33/h15-34,39-42,45-52H,6-12H2,1-5H3,(H,37,43)(H,38,44)(H,53,54)/t15-,16+,17-,18+,19+,20+,21+,22+,23+,24-,25+,26-,27+,28+,29+,30+,31-,32+,33-,34-,36-/m0/s1. The van der Waals surface area contributed by atoms with Gasteiger partial charge in [0.05, 0.1) is 38.6 Å². The van der Waals surface area contributed by atoms with Gasteiger partial charge in [-0.2, -0.15) is 0 Å².